The summed E-state index contributed by atoms with van der Waals surface area (Å²) in [5, 5.41) is 0. The Kier molecular flexibility index (Phi) is 5.57. The van der Waals surface area contributed by atoms with E-state index in [-0.39, 0.29) is 0 Å². The second-order valence-electron chi connectivity index (χ2n) is 3.92. The minimum atomic E-state index is 0.744. The van der Waals surface area contributed by atoms with Gasteiger partial charge in [0.05, 0.1) is 0 Å². The summed E-state index contributed by atoms with van der Waals surface area (Å²) in [6.45, 7) is 10.3. The lowest BCUT2D eigenvalue weighted by Gasteiger charge is -2.24. The maximum absolute atomic E-state index is 2.44. The summed E-state index contributed by atoms with van der Waals surface area (Å²) in [7, 11) is 2.22. The van der Waals surface area contributed by atoms with Crippen LogP contribution >= 0.6 is 0 Å². The van der Waals surface area contributed by atoms with Crippen LogP contribution in [-0.4, -0.2) is 24.5 Å². The fraction of sp³-hybridized carbons (Fsp3) is 1.00. The van der Waals surface area contributed by atoms with Gasteiger partial charge < -0.3 is 4.90 Å². The zero-order chi connectivity index (χ0) is 8.85. The van der Waals surface area contributed by atoms with E-state index in [1.54, 1.807) is 0 Å². The maximum Gasteiger partial charge on any atom is 0.00612 e. The second kappa shape index (κ2) is 5.59. The molecule has 0 aliphatic heterocycles. The molecule has 0 aliphatic rings. The molecule has 0 heterocycles. The predicted octanol–water partition coefficient (Wildman–Crippen LogP) is 2.76. The molecule has 1 atom stereocenters. The van der Waals surface area contributed by atoms with Crippen molar-refractivity contribution in [2.45, 2.75) is 46.6 Å². The summed E-state index contributed by atoms with van der Waals surface area (Å²) in [6, 6.07) is 0.744. The van der Waals surface area contributed by atoms with Crippen LogP contribution in [-0.2, 0) is 0 Å². The molecule has 0 saturated heterocycles. The third-order valence-electron chi connectivity index (χ3n) is 2.40. The Balaban J connectivity index is 3.43. The third kappa shape index (κ3) is 5.25. The summed E-state index contributed by atoms with van der Waals surface area (Å²) in [4.78, 5) is 2.44. The monoisotopic (exact) mass is 157 g/mol. The van der Waals surface area contributed by atoms with Gasteiger partial charge in [0.1, 0.15) is 0 Å². The van der Waals surface area contributed by atoms with Crippen molar-refractivity contribution in [1.29, 1.82) is 0 Å². The van der Waals surface area contributed by atoms with Crippen LogP contribution in [0.1, 0.15) is 40.5 Å². The van der Waals surface area contributed by atoms with Gasteiger partial charge in [-0.2, -0.15) is 0 Å². The number of hydrogen-bond acceptors (Lipinski definition) is 1. The molecule has 0 N–H and O–H groups in total. The number of rotatable bonds is 5. The minimum absolute atomic E-state index is 0.744. The Morgan fingerprint density at radius 2 is 1.73 bits per heavy atom. The summed E-state index contributed by atoms with van der Waals surface area (Å²) < 4.78 is 0. The van der Waals surface area contributed by atoms with Crippen LogP contribution in [0.2, 0.25) is 0 Å². The molecule has 11 heavy (non-hydrogen) atoms. The molecule has 0 amide bonds. The van der Waals surface area contributed by atoms with E-state index in [4.69, 9.17) is 0 Å². The fourth-order valence-corrected chi connectivity index (χ4v) is 0.994. The maximum atomic E-state index is 2.44. The van der Waals surface area contributed by atoms with Crippen molar-refractivity contribution in [1.82, 2.24) is 4.90 Å². The first-order valence-corrected chi connectivity index (χ1v) is 4.78. The van der Waals surface area contributed by atoms with Crippen LogP contribution < -0.4 is 0 Å². The third-order valence-corrected chi connectivity index (χ3v) is 2.40. The largest absolute Gasteiger partial charge is 0.304 e. The van der Waals surface area contributed by atoms with Crippen LogP contribution in [0.3, 0.4) is 0 Å². The van der Waals surface area contributed by atoms with Gasteiger partial charge in [0.2, 0.25) is 0 Å². The van der Waals surface area contributed by atoms with Crippen molar-refractivity contribution < 1.29 is 0 Å². The minimum Gasteiger partial charge on any atom is -0.304 e. The molecular weight excluding hydrogens is 134 g/mol. The highest BCUT2D eigenvalue weighted by atomic mass is 15.1. The van der Waals surface area contributed by atoms with Gasteiger partial charge in [0.15, 0.2) is 0 Å². The van der Waals surface area contributed by atoms with Gasteiger partial charge in [-0.25, -0.2) is 0 Å². The first-order chi connectivity index (χ1) is 5.07. The van der Waals surface area contributed by atoms with Crippen molar-refractivity contribution in [3.8, 4) is 0 Å². The normalized spacial score (nSPS) is 14.5. The van der Waals surface area contributed by atoms with Gasteiger partial charge in [0.25, 0.3) is 0 Å². The Morgan fingerprint density at radius 1 is 1.18 bits per heavy atom. The standard InChI is InChI=1S/C10H23N/c1-6-10(4)11(5)8-7-9(2)3/h9-10H,6-8H2,1-5H3. The van der Waals surface area contributed by atoms with Crippen LogP contribution in [0.15, 0.2) is 0 Å². The first kappa shape index (κ1) is 11.0. The average Bonchev–Trinajstić information content (AvgIpc) is 1.98. The molecular formula is C10H23N. The molecule has 0 spiro atoms. The van der Waals surface area contributed by atoms with E-state index in [1.807, 2.05) is 0 Å². The number of nitrogens with zero attached hydrogens (tertiary/aromatic N) is 1. The Morgan fingerprint density at radius 3 is 2.09 bits per heavy atom. The van der Waals surface area contributed by atoms with E-state index in [0.29, 0.717) is 0 Å². The van der Waals surface area contributed by atoms with Gasteiger partial charge in [-0.05, 0) is 39.3 Å². The van der Waals surface area contributed by atoms with Crippen LogP contribution in [0, 0.1) is 5.92 Å². The topological polar surface area (TPSA) is 3.24 Å². The average molecular weight is 157 g/mol. The van der Waals surface area contributed by atoms with Crippen molar-refractivity contribution in [2.24, 2.45) is 5.92 Å². The zero-order valence-corrected chi connectivity index (χ0v) is 8.72. The van der Waals surface area contributed by atoms with Gasteiger partial charge in [-0.3, -0.25) is 0 Å². The van der Waals surface area contributed by atoms with Gasteiger partial charge in [0, 0.05) is 6.04 Å². The van der Waals surface area contributed by atoms with Crippen LogP contribution in [0.25, 0.3) is 0 Å². The van der Waals surface area contributed by atoms with E-state index in [1.165, 1.54) is 19.4 Å². The highest BCUT2D eigenvalue weighted by Gasteiger charge is 2.06. The lowest BCUT2D eigenvalue weighted by atomic mass is 10.1. The lowest BCUT2D eigenvalue weighted by Crippen LogP contribution is -2.29. The molecule has 0 rings (SSSR count). The van der Waals surface area contributed by atoms with E-state index < -0.39 is 0 Å². The van der Waals surface area contributed by atoms with Gasteiger partial charge in [-0.15, -0.1) is 0 Å². The molecule has 1 unspecified atom stereocenters. The van der Waals surface area contributed by atoms with Gasteiger partial charge >= 0.3 is 0 Å². The summed E-state index contributed by atoms with van der Waals surface area (Å²) in [5.41, 5.74) is 0. The molecule has 0 fully saturated rings. The Hall–Kier alpha value is -0.0400. The molecule has 0 bridgehead atoms. The van der Waals surface area contributed by atoms with E-state index >= 15 is 0 Å². The molecule has 0 aromatic heterocycles. The van der Waals surface area contributed by atoms with Crippen LogP contribution in [0.4, 0.5) is 0 Å². The molecule has 0 aromatic rings. The summed E-state index contributed by atoms with van der Waals surface area (Å²) in [6.07, 6.45) is 2.58. The Bertz CT molecular complexity index is 88.9. The van der Waals surface area contributed by atoms with Crippen molar-refractivity contribution >= 4 is 0 Å². The predicted molar refractivity (Wildman–Crippen MR) is 51.8 cm³/mol. The molecule has 68 valence electrons. The van der Waals surface area contributed by atoms with E-state index in [9.17, 15) is 0 Å². The molecule has 1 nitrogen and oxygen atoms in total. The highest BCUT2D eigenvalue weighted by Crippen LogP contribution is 2.05. The van der Waals surface area contributed by atoms with E-state index in [2.05, 4.69) is 39.6 Å². The summed E-state index contributed by atoms with van der Waals surface area (Å²) in [5.74, 6) is 0.835. The number of hydrogen-bond donors (Lipinski definition) is 0. The molecule has 1 heteroatoms. The smallest absolute Gasteiger partial charge is 0.00612 e. The van der Waals surface area contributed by atoms with Crippen LogP contribution in [0.5, 0.6) is 0 Å². The Labute approximate surface area is 71.8 Å². The summed E-state index contributed by atoms with van der Waals surface area (Å²) >= 11 is 0. The zero-order valence-electron chi connectivity index (χ0n) is 8.72. The molecule has 0 radical (unpaired) electrons. The second-order valence-corrected chi connectivity index (χ2v) is 3.92. The van der Waals surface area contributed by atoms with Gasteiger partial charge in [-0.1, -0.05) is 20.8 Å². The highest BCUT2D eigenvalue weighted by molar-refractivity contribution is 4.61. The van der Waals surface area contributed by atoms with Crippen molar-refractivity contribution in [3.05, 3.63) is 0 Å². The van der Waals surface area contributed by atoms with E-state index in [0.717, 1.165) is 12.0 Å². The SMILES string of the molecule is CCC(C)N(C)CCC(C)C. The molecule has 0 saturated carbocycles. The van der Waals surface area contributed by atoms with Crippen molar-refractivity contribution in [3.63, 3.8) is 0 Å². The van der Waals surface area contributed by atoms with Crippen molar-refractivity contribution in [2.75, 3.05) is 13.6 Å². The lowest BCUT2D eigenvalue weighted by molar-refractivity contribution is 0.238. The fourth-order valence-electron chi connectivity index (χ4n) is 0.994. The molecule has 0 aliphatic carbocycles. The molecule has 0 aromatic carbocycles. The first-order valence-electron chi connectivity index (χ1n) is 4.78. The quantitative estimate of drug-likeness (QED) is 0.593.